The molecule has 27 heavy (non-hydrogen) atoms. The molecule has 1 amide bonds. The molecule has 4 rings (SSSR count). The molecule has 2 saturated heterocycles. The zero-order valence-corrected chi connectivity index (χ0v) is 15.6. The van der Waals surface area contributed by atoms with E-state index < -0.39 is 0 Å². The van der Waals surface area contributed by atoms with Crippen molar-refractivity contribution in [2.45, 2.75) is 44.3 Å². The average molecular weight is 369 g/mol. The maximum Gasteiger partial charge on any atom is 0.226 e. The number of carbonyl (C=O) groups is 1. The minimum Gasteiger partial charge on any atom is -0.376 e. The van der Waals surface area contributed by atoms with Crippen molar-refractivity contribution in [3.8, 4) is 5.69 Å². The SMILES string of the molecule is O=C(Cc1ccc(-n2cccn2)cc1)N1CCC(OCC2CCCO2)CC1. The molecule has 2 aliphatic rings. The first-order valence-electron chi connectivity index (χ1n) is 9.88. The van der Waals surface area contributed by atoms with Gasteiger partial charge >= 0.3 is 0 Å². The summed E-state index contributed by atoms with van der Waals surface area (Å²) in [6.45, 7) is 3.12. The smallest absolute Gasteiger partial charge is 0.226 e. The van der Waals surface area contributed by atoms with E-state index in [4.69, 9.17) is 9.47 Å². The van der Waals surface area contributed by atoms with Crippen LogP contribution in [0.1, 0.15) is 31.2 Å². The molecular formula is C21H27N3O3. The van der Waals surface area contributed by atoms with Crippen LogP contribution in [-0.4, -0.2) is 59.1 Å². The Hall–Kier alpha value is -2.18. The largest absolute Gasteiger partial charge is 0.376 e. The second-order valence-corrected chi connectivity index (χ2v) is 7.34. The van der Waals surface area contributed by atoms with Gasteiger partial charge in [0.05, 0.1) is 30.9 Å². The molecule has 1 unspecified atom stereocenters. The van der Waals surface area contributed by atoms with Gasteiger partial charge in [0.1, 0.15) is 0 Å². The van der Waals surface area contributed by atoms with Crippen molar-refractivity contribution in [1.29, 1.82) is 0 Å². The summed E-state index contributed by atoms with van der Waals surface area (Å²) in [4.78, 5) is 14.6. The van der Waals surface area contributed by atoms with Crippen LogP contribution < -0.4 is 0 Å². The normalized spacial score (nSPS) is 20.9. The fraction of sp³-hybridized carbons (Fsp3) is 0.524. The highest BCUT2D eigenvalue weighted by Gasteiger charge is 2.25. The molecule has 0 aliphatic carbocycles. The molecule has 2 aliphatic heterocycles. The lowest BCUT2D eigenvalue weighted by Gasteiger charge is -2.32. The second kappa shape index (κ2) is 8.67. The van der Waals surface area contributed by atoms with Gasteiger partial charge in [0, 0.05) is 32.1 Å². The Balaban J connectivity index is 1.22. The van der Waals surface area contributed by atoms with Crippen LogP contribution in [0, 0.1) is 0 Å². The summed E-state index contributed by atoms with van der Waals surface area (Å²) in [6.07, 6.45) is 8.71. The maximum atomic E-state index is 12.6. The van der Waals surface area contributed by atoms with Crippen LogP contribution in [0.5, 0.6) is 0 Å². The third-order valence-corrected chi connectivity index (χ3v) is 5.40. The number of piperidine rings is 1. The van der Waals surface area contributed by atoms with E-state index in [-0.39, 0.29) is 18.1 Å². The van der Waals surface area contributed by atoms with E-state index in [0.29, 0.717) is 13.0 Å². The Morgan fingerprint density at radius 2 is 2.00 bits per heavy atom. The lowest BCUT2D eigenvalue weighted by molar-refractivity contribution is -0.133. The molecule has 0 saturated carbocycles. The fourth-order valence-corrected chi connectivity index (χ4v) is 3.77. The molecule has 0 N–H and O–H groups in total. The van der Waals surface area contributed by atoms with Gasteiger partial charge < -0.3 is 14.4 Å². The predicted molar refractivity (Wildman–Crippen MR) is 102 cm³/mol. The van der Waals surface area contributed by atoms with Crippen molar-refractivity contribution in [1.82, 2.24) is 14.7 Å². The summed E-state index contributed by atoms with van der Waals surface area (Å²) < 4.78 is 13.4. The number of likely N-dealkylation sites (tertiary alicyclic amines) is 1. The van der Waals surface area contributed by atoms with E-state index in [1.165, 1.54) is 0 Å². The number of benzene rings is 1. The third-order valence-electron chi connectivity index (χ3n) is 5.40. The van der Waals surface area contributed by atoms with Crippen molar-refractivity contribution in [2.24, 2.45) is 0 Å². The molecule has 2 aromatic rings. The number of hydrogen-bond donors (Lipinski definition) is 0. The van der Waals surface area contributed by atoms with E-state index in [1.807, 2.05) is 46.1 Å². The van der Waals surface area contributed by atoms with Gasteiger partial charge in [-0.15, -0.1) is 0 Å². The Kier molecular flexibility index (Phi) is 5.84. The van der Waals surface area contributed by atoms with Crippen molar-refractivity contribution in [3.63, 3.8) is 0 Å². The Morgan fingerprint density at radius 3 is 2.67 bits per heavy atom. The number of carbonyl (C=O) groups excluding carboxylic acids is 1. The van der Waals surface area contributed by atoms with Crippen LogP contribution in [0.4, 0.5) is 0 Å². The number of hydrogen-bond acceptors (Lipinski definition) is 4. The lowest BCUT2D eigenvalue weighted by Crippen LogP contribution is -2.42. The Morgan fingerprint density at radius 1 is 1.19 bits per heavy atom. The van der Waals surface area contributed by atoms with Crippen LogP contribution in [0.25, 0.3) is 5.69 Å². The van der Waals surface area contributed by atoms with Gasteiger partial charge in [0.15, 0.2) is 0 Å². The fourth-order valence-electron chi connectivity index (χ4n) is 3.77. The number of aromatic nitrogens is 2. The minimum atomic E-state index is 0.194. The minimum absolute atomic E-state index is 0.194. The highest BCUT2D eigenvalue weighted by Crippen LogP contribution is 2.18. The number of ether oxygens (including phenoxy) is 2. The van der Waals surface area contributed by atoms with Crippen molar-refractivity contribution in [3.05, 3.63) is 48.3 Å². The number of rotatable bonds is 6. The van der Waals surface area contributed by atoms with Crippen LogP contribution >= 0.6 is 0 Å². The molecular weight excluding hydrogens is 342 g/mol. The van der Waals surface area contributed by atoms with Crippen LogP contribution in [0.15, 0.2) is 42.7 Å². The first-order valence-corrected chi connectivity index (χ1v) is 9.88. The molecule has 144 valence electrons. The van der Waals surface area contributed by atoms with E-state index >= 15 is 0 Å². The van der Waals surface area contributed by atoms with E-state index in [0.717, 1.165) is 56.6 Å². The molecule has 1 atom stereocenters. The molecule has 3 heterocycles. The van der Waals surface area contributed by atoms with E-state index in [2.05, 4.69) is 5.10 Å². The summed E-state index contributed by atoms with van der Waals surface area (Å²) in [7, 11) is 0. The van der Waals surface area contributed by atoms with Crippen molar-refractivity contribution in [2.75, 3.05) is 26.3 Å². The highest BCUT2D eigenvalue weighted by molar-refractivity contribution is 5.79. The van der Waals surface area contributed by atoms with E-state index in [9.17, 15) is 4.79 Å². The second-order valence-electron chi connectivity index (χ2n) is 7.34. The topological polar surface area (TPSA) is 56.6 Å². The molecule has 1 aromatic heterocycles. The van der Waals surface area contributed by atoms with Crippen molar-refractivity contribution >= 4 is 5.91 Å². The number of amides is 1. The van der Waals surface area contributed by atoms with Crippen molar-refractivity contribution < 1.29 is 14.3 Å². The molecule has 6 nitrogen and oxygen atoms in total. The predicted octanol–water partition coefficient (Wildman–Crippen LogP) is 2.60. The summed E-state index contributed by atoms with van der Waals surface area (Å²) in [5.41, 5.74) is 2.04. The quantitative estimate of drug-likeness (QED) is 0.785. The Bertz CT molecular complexity index is 716. The summed E-state index contributed by atoms with van der Waals surface area (Å²) >= 11 is 0. The van der Waals surface area contributed by atoms with Gasteiger partial charge in [-0.2, -0.15) is 5.10 Å². The van der Waals surface area contributed by atoms with E-state index in [1.54, 1.807) is 6.20 Å². The van der Waals surface area contributed by atoms with Gasteiger partial charge in [-0.1, -0.05) is 12.1 Å². The van der Waals surface area contributed by atoms with Gasteiger partial charge in [-0.25, -0.2) is 4.68 Å². The molecule has 0 bridgehead atoms. The summed E-state index contributed by atoms with van der Waals surface area (Å²) in [5.74, 6) is 0.194. The van der Waals surface area contributed by atoms with Gasteiger partial charge in [-0.3, -0.25) is 4.79 Å². The monoisotopic (exact) mass is 369 g/mol. The first kappa shape index (κ1) is 18.2. The van der Waals surface area contributed by atoms with Gasteiger partial charge in [-0.05, 0) is 49.4 Å². The average Bonchev–Trinajstić information content (AvgIpc) is 3.41. The molecule has 0 spiro atoms. The summed E-state index contributed by atoms with van der Waals surface area (Å²) in [6, 6.07) is 9.91. The number of nitrogens with zero attached hydrogens (tertiary/aromatic N) is 3. The van der Waals surface area contributed by atoms with Crippen LogP contribution in [0.3, 0.4) is 0 Å². The molecule has 6 heteroatoms. The first-order chi connectivity index (χ1) is 13.3. The van der Waals surface area contributed by atoms with Gasteiger partial charge in [0.25, 0.3) is 0 Å². The zero-order valence-electron chi connectivity index (χ0n) is 15.6. The highest BCUT2D eigenvalue weighted by atomic mass is 16.5. The zero-order chi connectivity index (χ0) is 18.5. The standard InChI is InChI=1S/C21H27N3O3/c25-21(15-17-4-6-18(7-5-17)24-11-2-10-22-24)23-12-8-19(9-13-23)27-16-20-3-1-14-26-20/h2,4-7,10-11,19-20H,1,3,8-9,12-16H2. The molecule has 0 radical (unpaired) electrons. The maximum absolute atomic E-state index is 12.6. The lowest BCUT2D eigenvalue weighted by atomic mass is 10.1. The summed E-state index contributed by atoms with van der Waals surface area (Å²) in [5, 5.41) is 4.22. The molecule has 2 fully saturated rings. The van der Waals surface area contributed by atoms with Crippen LogP contribution in [0.2, 0.25) is 0 Å². The van der Waals surface area contributed by atoms with Gasteiger partial charge in [0.2, 0.25) is 5.91 Å². The Labute approximate surface area is 160 Å². The van der Waals surface area contributed by atoms with Crippen LogP contribution in [-0.2, 0) is 20.7 Å². The third kappa shape index (κ3) is 4.76. The molecule has 1 aromatic carbocycles.